The Bertz CT molecular complexity index is 889. The van der Waals surface area contributed by atoms with Crippen molar-refractivity contribution in [1.29, 1.82) is 5.26 Å². The van der Waals surface area contributed by atoms with Crippen LogP contribution in [0.1, 0.15) is 24.2 Å². The number of benzene rings is 2. The van der Waals surface area contributed by atoms with E-state index in [0.717, 1.165) is 0 Å². The third-order valence-corrected chi connectivity index (χ3v) is 5.35. The summed E-state index contributed by atoms with van der Waals surface area (Å²) in [6.45, 7) is 3.41. The van der Waals surface area contributed by atoms with Crippen molar-refractivity contribution >= 4 is 21.7 Å². The fourth-order valence-corrected chi connectivity index (χ4v) is 3.77. The summed E-state index contributed by atoms with van der Waals surface area (Å²) in [7, 11) is -3.83. The number of sulfonamides is 1. The maximum absolute atomic E-state index is 12.9. The fourth-order valence-electron chi connectivity index (χ4n) is 2.25. The average molecular weight is 358 g/mol. The second kappa shape index (κ2) is 7.81. The molecule has 7 heteroatoms. The molecule has 0 aromatic heterocycles. The van der Waals surface area contributed by atoms with Crippen LogP contribution in [0.25, 0.3) is 0 Å². The molecule has 2 aromatic rings. The van der Waals surface area contributed by atoms with Gasteiger partial charge in [-0.2, -0.15) is 5.26 Å². The van der Waals surface area contributed by atoms with Crippen LogP contribution >= 0.6 is 0 Å². The number of esters is 1. The Kier molecular flexibility index (Phi) is 5.78. The van der Waals surface area contributed by atoms with Gasteiger partial charge >= 0.3 is 5.97 Å². The van der Waals surface area contributed by atoms with E-state index in [0.29, 0.717) is 5.69 Å². The highest BCUT2D eigenvalue weighted by Crippen LogP contribution is 2.24. The predicted octanol–water partition coefficient (Wildman–Crippen LogP) is 2.97. The van der Waals surface area contributed by atoms with Gasteiger partial charge in [0.15, 0.2) is 6.10 Å². The van der Waals surface area contributed by atoms with Gasteiger partial charge in [0.05, 0.1) is 16.1 Å². The molecule has 0 heterocycles. The van der Waals surface area contributed by atoms with E-state index in [9.17, 15) is 13.2 Å². The summed E-state index contributed by atoms with van der Waals surface area (Å²) in [5.41, 5.74) is 0.614. The van der Waals surface area contributed by atoms with E-state index in [4.69, 9.17) is 10.00 Å². The van der Waals surface area contributed by atoms with Gasteiger partial charge < -0.3 is 4.74 Å². The van der Waals surface area contributed by atoms with Crippen molar-refractivity contribution in [3.8, 4) is 6.07 Å². The van der Waals surface area contributed by atoms with E-state index < -0.39 is 22.1 Å². The minimum Gasteiger partial charge on any atom is -0.444 e. The van der Waals surface area contributed by atoms with Gasteiger partial charge in [-0.05, 0) is 44.2 Å². The first-order chi connectivity index (χ1) is 11.9. The lowest BCUT2D eigenvalue weighted by atomic mass is 10.2. The molecule has 130 valence electrons. The minimum absolute atomic E-state index is 0.0164. The monoisotopic (exact) mass is 358 g/mol. The van der Waals surface area contributed by atoms with E-state index in [1.54, 1.807) is 43.3 Å². The van der Waals surface area contributed by atoms with Crippen LogP contribution in [0.2, 0.25) is 0 Å². The van der Waals surface area contributed by atoms with Gasteiger partial charge in [-0.25, -0.2) is 13.2 Å². The number of para-hydroxylation sites is 1. The highest BCUT2D eigenvalue weighted by Gasteiger charge is 2.24. The zero-order valence-corrected chi connectivity index (χ0v) is 14.7. The highest BCUT2D eigenvalue weighted by atomic mass is 32.2. The van der Waals surface area contributed by atoms with E-state index in [1.807, 2.05) is 0 Å². The van der Waals surface area contributed by atoms with Crippen LogP contribution in [0.4, 0.5) is 5.69 Å². The number of carbonyl (C=O) groups excluding carboxylic acids is 1. The first kappa shape index (κ1) is 18.5. The maximum Gasteiger partial charge on any atom is 0.339 e. The Morgan fingerprint density at radius 2 is 1.88 bits per heavy atom. The molecule has 0 spiro atoms. The molecule has 0 N–H and O–H groups in total. The number of hydrogen-bond acceptors (Lipinski definition) is 5. The van der Waals surface area contributed by atoms with Gasteiger partial charge in [0.1, 0.15) is 6.07 Å². The Balaban J connectivity index is 2.38. The third kappa shape index (κ3) is 4.17. The zero-order valence-electron chi connectivity index (χ0n) is 13.9. The molecule has 0 saturated carbocycles. The van der Waals surface area contributed by atoms with Gasteiger partial charge in [-0.15, -0.1) is 0 Å². The first-order valence-corrected chi connectivity index (χ1v) is 9.12. The van der Waals surface area contributed by atoms with Crippen molar-refractivity contribution in [2.45, 2.75) is 24.8 Å². The third-order valence-electron chi connectivity index (χ3n) is 3.45. The average Bonchev–Trinajstić information content (AvgIpc) is 2.63. The highest BCUT2D eigenvalue weighted by molar-refractivity contribution is 7.92. The molecular formula is C18H18N2O4S. The molecule has 0 aliphatic heterocycles. The van der Waals surface area contributed by atoms with Gasteiger partial charge in [0.25, 0.3) is 10.0 Å². The van der Waals surface area contributed by atoms with Gasteiger partial charge in [0, 0.05) is 6.54 Å². The summed E-state index contributed by atoms with van der Waals surface area (Å²) in [6, 6.07) is 16.1. The molecule has 2 rings (SSSR count). The molecular weight excluding hydrogens is 340 g/mol. The maximum atomic E-state index is 12.9. The number of rotatable bonds is 6. The van der Waals surface area contributed by atoms with E-state index >= 15 is 0 Å². The molecule has 0 amide bonds. The van der Waals surface area contributed by atoms with Crippen LogP contribution in [-0.4, -0.2) is 27.0 Å². The molecule has 25 heavy (non-hydrogen) atoms. The molecule has 0 aliphatic carbocycles. The van der Waals surface area contributed by atoms with Crippen molar-refractivity contribution in [2.24, 2.45) is 0 Å². The summed E-state index contributed by atoms with van der Waals surface area (Å²) < 4.78 is 32.1. The Morgan fingerprint density at radius 1 is 1.20 bits per heavy atom. The van der Waals surface area contributed by atoms with Crippen LogP contribution in [0.5, 0.6) is 0 Å². The largest absolute Gasteiger partial charge is 0.444 e. The van der Waals surface area contributed by atoms with Crippen molar-refractivity contribution in [2.75, 3.05) is 10.8 Å². The van der Waals surface area contributed by atoms with Gasteiger partial charge in [0.2, 0.25) is 0 Å². The van der Waals surface area contributed by atoms with Crippen LogP contribution in [0.3, 0.4) is 0 Å². The second-order valence-electron chi connectivity index (χ2n) is 5.21. The summed E-state index contributed by atoms with van der Waals surface area (Å²) in [4.78, 5) is 12.0. The molecule has 0 saturated heterocycles. The summed E-state index contributed by atoms with van der Waals surface area (Å²) in [5.74, 6) is -0.742. The molecule has 1 atom stereocenters. The van der Waals surface area contributed by atoms with Crippen molar-refractivity contribution in [3.05, 3.63) is 60.2 Å². The topological polar surface area (TPSA) is 87.5 Å². The van der Waals surface area contributed by atoms with E-state index in [-0.39, 0.29) is 17.0 Å². The number of anilines is 1. The molecule has 0 radical (unpaired) electrons. The number of nitriles is 1. The van der Waals surface area contributed by atoms with Gasteiger partial charge in [-0.1, -0.05) is 24.3 Å². The Hall–Kier alpha value is -2.85. The van der Waals surface area contributed by atoms with Crippen molar-refractivity contribution in [3.63, 3.8) is 0 Å². The van der Waals surface area contributed by atoms with Crippen LogP contribution < -0.4 is 4.31 Å². The first-order valence-electron chi connectivity index (χ1n) is 7.68. The summed E-state index contributed by atoms with van der Waals surface area (Å²) in [6.07, 6.45) is -0.913. The minimum atomic E-state index is -3.83. The summed E-state index contributed by atoms with van der Waals surface area (Å²) in [5, 5.41) is 8.72. The lowest BCUT2D eigenvalue weighted by Crippen LogP contribution is -2.30. The van der Waals surface area contributed by atoms with Crippen molar-refractivity contribution in [1.82, 2.24) is 0 Å². The molecule has 2 aromatic carbocycles. The van der Waals surface area contributed by atoms with E-state index in [2.05, 4.69) is 0 Å². The zero-order chi connectivity index (χ0) is 18.4. The number of ether oxygens (including phenoxy) is 1. The molecule has 0 fully saturated rings. The number of hydrogen-bond donors (Lipinski definition) is 0. The Labute approximate surface area is 147 Å². The van der Waals surface area contributed by atoms with Gasteiger partial charge in [-0.3, -0.25) is 4.31 Å². The second-order valence-corrected chi connectivity index (χ2v) is 7.07. The molecule has 0 unspecified atom stereocenters. The number of nitrogens with zero attached hydrogens (tertiary/aromatic N) is 2. The SMILES string of the molecule is CCN(c1ccccc1)S(=O)(=O)c1cccc(C(=O)O[C@H](C)C#N)c1. The number of carbonyl (C=O) groups is 1. The lowest BCUT2D eigenvalue weighted by molar-refractivity contribution is 0.0435. The van der Waals surface area contributed by atoms with Crippen LogP contribution in [0, 0.1) is 11.3 Å². The quantitative estimate of drug-likeness (QED) is 0.741. The van der Waals surface area contributed by atoms with Crippen LogP contribution in [-0.2, 0) is 14.8 Å². The summed E-state index contributed by atoms with van der Waals surface area (Å²) >= 11 is 0. The standard InChI is InChI=1S/C18H18N2O4S/c1-3-20(16-9-5-4-6-10-16)25(22,23)17-11-7-8-15(12-17)18(21)24-14(2)13-19/h4-12,14H,3H2,1-2H3/t14-/m1/s1. The predicted molar refractivity (Wildman–Crippen MR) is 93.6 cm³/mol. The Morgan fingerprint density at radius 3 is 2.48 bits per heavy atom. The normalized spacial score (nSPS) is 12.0. The fraction of sp³-hybridized carbons (Fsp3) is 0.222. The lowest BCUT2D eigenvalue weighted by Gasteiger charge is -2.23. The molecule has 0 aliphatic rings. The van der Waals surface area contributed by atoms with E-state index in [1.165, 1.54) is 35.5 Å². The smallest absolute Gasteiger partial charge is 0.339 e. The molecule has 0 bridgehead atoms. The molecule has 6 nitrogen and oxygen atoms in total. The van der Waals surface area contributed by atoms with Crippen LogP contribution in [0.15, 0.2) is 59.5 Å². The van der Waals surface area contributed by atoms with Crippen molar-refractivity contribution < 1.29 is 17.9 Å².